The maximum absolute atomic E-state index is 15.0. The number of hydrogen-bond donors (Lipinski definition) is 18. The van der Waals surface area contributed by atoms with Crippen molar-refractivity contribution in [3.05, 3.63) is 144 Å². The fourth-order valence-corrected chi connectivity index (χ4v) is 11.8. The number of benzene rings is 4. The van der Waals surface area contributed by atoms with Gasteiger partial charge in [0.15, 0.2) is 5.96 Å². The number of hydrogen-bond acceptors (Lipinski definition) is 17. The number of unbranched alkanes of at least 4 members (excludes halogenated alkanes) is 1. The van der Waals surface area contributed by atoms with Crippen molar-refractivity contribution in [1.29, 1.82) is 0 Å². The Morgan fingerprint density at radius 1 is 0.387 bits per heavy atom. The predicted octanol–water partition coefficient (Wildman–Crippen LogP) is -0.191. The number of aliphatic carboxylic acids is 1. The number of rotatable bonds is 50. The van der Waals surface area contributed by atoms with Crippen LogP contribution in [0.3, 0.4) is 0 Å². The Morgan fingerprint density at radius 2 is 0.739 bits per heavy atom. The molecule has 14 atom stereocenters. The highest BCUT2D eigenvalue weighted by molar-refractivity contribution is 5.99. The van der Waals surface area contributed by atoms with Crippen molar-refractivity contribution in [1.82, 2.24) is 63.8 Å². The highest BCUT2D eigenvalue weighted by atomic mass is 16.4. The normalized spacial score (nSPS) is 14.9. The molecule has 0 aliphatic heterocycles. The molecular formula is C79H117N17O15. The molecule has 0 unspecified atom stereocenters. The summed E-state index contributed by atoms with van der Waals surface area (Å²) in [6, 6.07) is 19.9. The first-order chi connectivity index (χ1) is 52.9. The molecule has 608 valence electrons. The van der Waals surface area contributed by atoms with Gasteiger partial charge in [-0.2, -0.15) is 0 Å². The van der Waals surface area contributed by atoms with Gasteiger partial charge in [0.25, 0.3) is 0 Å². The van der Waals surface area contributed by atoms with Crippen LogP contribution in [-0.2, 0) is 88.0 Å². The average molecular weight is 1540 g/mol. The van der Waals surface area contributed by atoms with Gasteiger partial charge in [-0.15, -0.1) is 0 Å². The second-order valence-electron chi connectivity index (χ2n) is 28.3. The minimum atomic E-state index is -1.76. The first-order valence-electron chi connectivity index (χ1n) is 38.0. The van der Waals surface area contributed by atoms with Crippen molar-refractivity contribution in [2.24, 2.45) is 51.6 Å². The molecule has 4 aromatic carbocycles. The molecule has 0 heterocycles. The van der Waals surface area contributed by atoms with Gasteiger partial charge in [-0.05, 0) is 97.4 Å². The van der Waals surface area contributed by atoms with Gasteiger partial charge in [0.2, 0.25) is 70.9 Å². The molecule has 12 amide bonds. The minimum Gasteiger partial charge on any atom is -0.480 e. The molecule has 0 fully saturated rings. The van der Waals surface area contributed by atoms with Crippen molar-refractivity contribution in [2.45, 2.75) is 205 Å². The van der Waals surface area contributed by atoms with Crippen LogP contribution < -0.4 is 86.7 Å². The van der Waals surface area contributed by atoms with Gasteiger partial charge in [0, 0.05) is 25.8 Å². The summed E-state index contributed by atoms with van der Waals surface area (Å²) in [7, 11) is 0. The predicted molar refractivity (Wildman–Crippen MR) is 419 cm³/mol. The molecule has 4 aromatic rings. The van der Waals surface area contributed by atoms with E-state index in [1.807, 2.05) is 37.3 Å². The van der Waals surface area contributed by atoms with E-state index in [4.69, 9.17) is 22.9 Å². The molecule has 0 saturated carbocycles. The Kier molecular flexibility index (Phi) is 41.1. The number of amides is 12. The lowest BCUT2D eigenvalue weighted by Gasteiger charge is -2.30. The van der Waals surface area contributed by atoms with Gasteiger partial charge in [-0.25, -0.2) is 4.79 Å². The zero-order valence-electron chi connectivity index (χ0n) is 64.9. The van der Waals surface area contributed by atoms with E-state index in [0.717, 1.165) is 5.56 Å². The molecule has 0 aromatic heterocycles. The standard InChI is InChI=1S/C79H117N17O15/c1-9-48(6)65(95-68(100)55(81)40-51-27-16-12-17-28-51)75(107)86-44-63(98)85-45-64(99)94-66(49(7)10-2)77(109)96-67(50(8)11-3)76(108)93-62(46-97)74(106)91-60(42-53-31-20-14-21-32-53)73(105)90-59(41-52-29-18-13-19-30-52)72(104)88-56(35-24-25-37-80)69(101)87-57(36-26-38-84-79(82)83)70(102)89-58(39-47(4)5)71(103)92-61(78(110)111)43-54-33-22-15-23-34-54/h12-23,27-34,47-50,55-62,65-67,97H,9-11,24-26,35-46,80-81H2,1-8H3,(H,85,98)(H,86,107)(H,87,101)(H,88,104)(H,89,102)(H,90,105)(H,91,106)(H,92,103)(H,93,108)(H,94,99)(H,95,100)(H,96,109)(H,110,111)(H4,82,83,84)/t48-,49-,50-,55-,56-,57-,58-,59-,60-,61-,62-,65-,66-,67-/m0/s1. The van der Waals surface area contributed by atoms with Gasteiger partial charge >= 0.3 is 5.97 Å². The van der Waals surface area contributed by atoms with Crippen LogP contribution in [0.25, 0.3) is 0 Å². The first-order valence-corrected chi connectivity index (χ1v) is 38.0. The number of nitrogens with zero attached hydrogens (tertiary/aromatic N) is 1. The zero-order chi connectivity index (χ0) is 82.1. The number of carbonyl (C=O) groups excluding carboxylic acids is 12. The number of aliphatic hydroxyl groups excluding tert-OH is 1. The van der Waals surface area contributed by atoms with Crippen LogP contribution in [0.15, 0.2) is 126 Å². The summed E-state index contributed by atoms with van der Waals surface area (Å²) in [4.78, 5) is 186. The Labute approximate surface area is 649 Å². The molecule has 0 bridgehead atoms. The van der Waals surface area contributed by atoms with Crippen molar-refractivity contribution in [2.75, 3.05) is 32.8 Å². The number of carbonyl (C=O) groups is 13. The van der Waals surface area contributed by atoms with E-state index in [1.165, 1.54) is 0 Å². The van der Waals surface area contributed by atoms with Crippen LogP contribution >= 0.6 is 0 Å². The third-order valence-electron chi connectivity index (χ3n) is 18.9. The maximum atomic E-state index is 15.0. The van der Waals surface area contributed by atoms with Crippen LogP contribution in [0.2, 0.25) is 0 Å². The van der Waals surface area contributed by atoms with Crippen LogP contribution in [0.5, 0.6) is 0 Å². The first kappa shape index (κ1) is 92.5. The second kappa shape index (κ2) is 49.3. The third kappa shape index (κ3) is 33.5. The van der Waals surface area contributed by atoms with Crippen molar-refractivity contribution in [3.63, 3.8) is 0 Å². The molecule has 0 saturated heterocycles. The van der Waals surface area contributed by atoms with E-state index in [2.05, 4.69) is 68.8 Å². The number of carboxylic acids is 1. The molecular weight excluding hydrogens is 1430 g/mol. The molecule has 32 heteroatoms. The largest absolute Gasteiger partial charge is 0.480 e. The fraction of sp³-hybridized carbons (Fsp3) is 0.519. The van der Waals surface area contributed by atoms with Gasteiger partial charge in [-0.3, -0.25) is 62.5 Å². The Bertz CT molecular complexity index is 3670. The van der Waals surface area contributed by atoms with Crippen LogP contribution in [-0.4, -0.2) is 192 Å². The van der Waals surface area contributed by atoms with Gasteiger partial charge in [0.1, 0.15) is 60.4 Å². The zero-order valence-corrected chi connectivity index (χ0v) is 64.9. The van der Waals surface area contributed by atoms with Gasteiger partial charge in [0.05, 0.1) is 25.7 Å². The van der Waals surface area contributed by atoms with E-state index in [0.29, 0.717) is 48.8 Å². The van der Waals surface area contributed by atoms with Crippen molar-refractivity contribution >= 4 is 82.8 Å². The number of guanidine groups is 1. The van der Waals surface area contributed by atoms with E-state index < -0.39 is 175 Å². The highest BCUT2D eigenvalue weighted by Crippen LogP contribution is 2.17. The Hall–Kier alpha value is -10.9. The lowest BCUT2D eigenvalue weighted by Crippen LogP contribution is -2.62. The summed E-state index contributed by atoms with van der Waals surface area (Å²) in [5.74, 6) is -13.0. The molecule has 0 aliphatic carbocycles. The van der Waals surface area contributed by atoms with Gasteiger partial charge < -0.3 is 96.9 Å². The van der Waals surface area contributed by atoms with E-state index in [-0.39, 0.29) is 82.3 Å². The summed E-state index contributed by atoms with van der Waals surface area (Å²) in [5.41, 5.74) is 25.8. The van der Waals surface area contributed by atoms with E-state index in [1.54, 1.807) is 139 Å². The SMILES string of the molecule is CC[C@H](C)[C@H](NC(=O)CNC(=O)CNC(=O)[C@@H](NC(=O)[C@@H](N)Cc1ccccc1)[C@@H](C)CC)C(=O)N[C@H](C(=O)N[C@@H](CO)C(=O)N[C@@H](Cc1ccccc1)C(=O)N[C@@H](Cc1ccccc1)C(=O)N[C@@H](CCCCN)C(=O)N[C@@H](CCCN=C(N)N)C(=O)N[C@@H](CC(C)C)C(=O)N[C@@H](Cc1ccccc1)C(=O)O)[C@@H](C)CC. The third-order valence-corrected chi connectivity index (χ3v) is 18.9. The molecule has 22 N–H and O–H groups in total. The van der Waals surface area contributed by atoms with E-state index in [9.17, 15) is 72.5 Å². The number of nitrogens with one attached hydrogen (secondary N) is 12. The van der Waals surface area contributed by atoms with E-state index >= 15 is 0 Å². The summed E-state index contributed by atoms with van der Waals surface area (Å²) in [5, 5.41) is 52.6. The maximum Gasteiger partial charge on any atom is 0.326 e. The summed E-state index contributed by atoms with van der Waals surface area (Å²) in [6.07, 6.45) is 1.72. The average Bonchev–Trinajstić information content (AvgIpc) is 0.849. The monoisotopic (exact) mass is 1540 g/mol. The van der Waals surface area contributed by atoms with Gasteiger partial charge in [-0.1, -0.05) is 196 Å². The summed E-state index contributed by atoms with van der Waals surface area (Å²) in [6.45, 7) is 12.0. The second-order valence-corrected chi connectivity index (χ2v) is 28.3. The minimum absolute atomic E-state index is 0.0260. The quantitative estimate of drug-likeness (QED) is 0.0155. The van der Waals surface area contributed by atoms with Crippen molar-refractivity contribution in [3.8, 4) is 0 Å². The number of carboxylic acid groups (broad SMARTS) is 1. The molecule has 32 nitrogen and oxygen atoms in total. The lowest BCUT2D eigenvalue weighted by atomic mass is 9.94. The van der Waals surface area contributed by atoms with Crippen LogP contribution in [0.4, 0.5) is 0 Å². The lowest BCUT2D eigenvalue weighted by molar-refractivity contribution is -0.142. The number of aliphatic hydroxyl groups is 1. The molecule has 0 spiro atoms. The van der Waals surface area contributed by atoms with Crippen LogP contribution in [0, 0.1) is 23.7 Å². The Morgan fingerprint density at radius 3 is 1.17 bits per heavy atom. The highest BCUT2D eigenvalue weighted by Gasteiger charge is 2.38. The topological polar surface area (TPSA) is 523 Å². The smallest absolute Gasteiger partial charge is 0.326 e. The van der Waals surface area contributed by atoms with Crippen molar-refractivity contribution < 1.29 is 72.5 Å². The molecule has 111 heavy (non-hydrogen) atoms. The Balaban J connectivity index is 1.55. The molecule has 0 aliphatic rings. The molecule has 4 rings (SSSR count). The van der Waals surface area contributed by atoms with Crippen LogP contribution in [0.1, 0.15) is 135 Å². The number of aliphatic imine (C=N–C) groups is 1. The summed E-state index contributed by atoms with van der Waals surface area (Å²) < 4.78 is 0. The number of nitrogens with two attached hydrogens (primary N) is 4. The fourth-order valence-electron chi connectivity index (χ4n) is 11.8. The molecule has 0 radical (unpaired) electrons. The summed E-state index contributed by atoms with van der Waals surface area (Å²) >= 11 is 0.